The molecule has 0 atom stereocenters. The van der Waals surface area contributed by atoms with Gasteiger partial charge in [0.2, 0.25) is 0 Å². The maximum atomic E-state index is 11.5. The molecule has 0 N–H and O–H groups in total. The molecule has 2 aromatic rings. The Hall–Kier alpha value is -1.97. The molecule has 0 aliphatic carbocycles. The molecule has 0 fully saturated rings. The second-order valence-corrected chi connectivity index (χ2v) is 4.24. The summed E-state index contributed by atoms with van der Waals surface area (Å²) in [6.45, 7) is 2.16. The third kappa shape index (κ3) is 1.56. The topological polar surface area (TPSA) is 34.5 Å². The number of nitrogens with zero attached hydrogens (tertiary/aromatic N) is 2. The first-order valence-electron chi connectivity index (χ1n) is 5.69. The molecule has 0 radical (unpaired) electrons. The van der Waals surface area contributed by atoms with E-state index in [1.807, 2.05) is 12.1 Å². The Balaban J connectivity index is 2.00. The number of aromatic nitrogens is 1. The summed E-state index contributed by atoms with van der Waals surface area (Å²) in [5.41, 5.74) is 2.41. The highest BCUT2D eigenvalue weighted by Crippen LogP contribution is 2.23. The van der Waals surface area contributed by atoms with E-state index in [2.05, 4.69) is 22.8 Å². The lowest BCUT2D eigenvalue weighted by molar-refractivity contribution is 0.113. The maximum Gasteiger partial charge on any atom is 0.409 e. The summed E-state index contributed by atoms with van der Waals surface area (Å²) in [5, 5.41) is 1.23. The number of amides is 1. The third-order valence-corrected chi connectivity index (χ3v) is 3.28. The second-order valence-electron chi connectivity index (χ2n) is 4.24. The molecule has 0 spiro atoms. The third-order valence-electron chi connectivity index (χ3n) is 3.28. The number of methoxy groups -OCH3 is 1. The van der Waals surface area contributed by atoms with Crippen LogP contribution in [0.4, 0.5) is 4.79 Å². The quantitative estimate of drug-likeness (QED) is 0.695. The predicted octanol–water partition coefficient (Wildman–Crippen LogP) is 2.22. The van der Waals surface area contributed by atoms with Crippen molar-refractivity contribution in [3.63, 3.8) is 0 Å². The van der Waals surface area contributed by atoms with Gasteiger partial charge in [0.25, 0.3) is 0 Å². The summed E-state index contributed by atoms with van der Waals surface area (Å²) in [7, 11) is 1.42. The van der Waals surface area contributed by atoms with Crippen LogP contribution in [0.3, 0.4) is 0 Å². The molecule has 0 saturated heterocycles. The summed E-state index contributed by atoms with van der Waals surface area (Å²) < 4.78 is 7.03. The molecule has 4 nitrogen and oxygen atoms in total. The van der Waals surface area contributed by atoms with E-state index in [4.69, 9.17) is 4.74 Å². The molecule has 3 rings (SSSR count). The summed E-state index contributed by atoms with van der Waals surface area (Å²) in [5.74, 6) is 0. The summed E-state index contributed by atoms with van der Waals surface area (Å²) in [6.07, 6.45) is -0.249. The molecular formula is C13H14N2O2. The van der Waals surface area contributed by atoms with E-state index in [1.54, 1.807) is 4.90 Å². The van der Waals surface area contributed by atoms with Gasteiger partial charge in [0.15, 0.2) is 0 Å². The average Bonchev–Trinajstić information content (AvgIpc) is 2.75. The molecule has 1 aliphatic rings. The van der Waals surface area contributed by atoms with Crippen LogP contribution in [-0.2, 0) is 17.8 Å². The van der Waals surface area contributed by atoms with Crippen molar-refractivity contribution in [3.8, 4) is 0 Å². The van der Waals surface area contributed by atoms with Crippen molar-refractivity contribution in [1.29, 1.82) is 0 Å². The van der Waals surface area contributed by atoms with Gasteiger partial charge in [-0.3, -0.25) is 0 Å². The second kappa shape index (κ2) is 3.80. The molecule has 1 aromatic carbocycles. The average molecular weight is 230 g/mol. The lowest BCUT2D eigenvalue weighted by Gasteiger charge is -2.27. The Bertz CT molecular complexity index is 574. The minimum Gasteiger partial charge on any atom is -0.453 e. The van der Waals surface area contributed by atoms with Crippen molar-refractivity contribution >= 4 is 17.0 Å². The normalized spacial score (nSPS) is 14.8. The van der Waals surface area contributed by atoms with Crippen molar-refractivity contribution in [2.45, 2.75) is 13.1 Å². The van der Waals surface area contributed by atoms with Crippen LogP contribution in [-0.4, -0.2) is 29.2 Å². The molecule has 17 heavy (non-hydrogen) atoms. The number of hydrogen-bond acceptors (Lipinski definition) is 2. The Kier molecular flexibility index (Phi) is 2.28. The van der Waals surface area contributed by atoms with Crippen LogP contribution in [0.5, 0.6) is 0 Å². The Morgan fingerprint density at radius 3 is 2.94 bits per heavy atom. The van der Waals surface area contributed by atoms with Crippen molar-refractivity contribution in [2.75, 3.05) is 13.7 Å². The van der Waals surface area contributed by atoms with E-state index in [1.165, 1.54) is 23.7 Å². The Morgan fingerprint density at radius 2 is 2.12 bits per heavy atom. The number of hydrogen-bond donors (Lipinski definition) is 0. The predicted molar refractivity (Wildman–Crippen MR) is 64.8 cm³/mol. The van der Waals surface area contributed by atoms with Gasteiger partial charge in [0.05, 0.1) is 13.7 Å². The van der Waals surface area contributed by atoms with Crippen molar-refractivity contribution in [1.82, 2.24) is 9.47 Å². The molecule has 1 aliphatic heterocycles. The minimum atomic E-state index is -0.249. The van der Waals surface area contributed by atoms with Crippen LogP contribution in [0, 0.1) is 0 Å². The van der Waals surface area contributed by atoms with Gasteiger partial charge >= 0.3 is 6.09 Å². The van der Waals surface area contributed by atoms with Crippen molar-refractivity contribution in [2.24, 2.45) is 0 Å². The van der Waals surface area contributed by atoms with Gasteiger partial charge in [-0.2, -0.15) is 0 Å². The SMILES string of the molecule is COC(=O)N1CCn2c(cc3ccccc32)C1. The molecule has 1 amide bonds. The lowest BCUT2D eigenvalue weighted by Crippen LogP contribution is -2.37. The van der Waals surface area contributed by atoms with Gasteiger partial charge in [0.1, 0.15) is 0 Å². The fourth-order valence-corrected chi connectivity index (χ4v) is 2.44. The smallest absolute Gasteiger partial charge is 0.409 e. The Labute approximate surface area is 99.4 Å². The molecule has 2 heterocycles. The van der Waals surface area contributed by atoms with Gasteiger partial charge < -0.3 is 14.2 Å². The zero-order valence-electron chi connectivity index (χ0n) is 9.72. The highest BCUT2D eigenvalue weighted by atomic mass is 16.5. The number of benzene rings is 1. The van der Waals surface area contributed by atoms with Gasteiger partial charge in [-0.25, -0.2) is 4.79 Å². The number of fused-ring (bicyclic) bond motifs is 3. The molecule has 4 heteroatoms. The summed E-state index contributed by atoms with van der Waals surface area (Å²) in [6, 6.07) is 10.4. The molecule has 0 saturated carbocycles. The van der Waals surface area contributed by atoms with Crippen LogP contribution in [0.2, 0.25) is 0 Å². The number of ether oxygens (including phenoxy) is 1. The van der Waals surface area contributed by atoms with Gasteiger partial charge in [0, 0.05) is 24.3 Å². The number of carbonyl (C=O) groups is 1. The highest BCUT2D eigenvalue weighted by molar-refractivity contribution is 5.81. The van der Waals surface area contributed by atoms with E-state index in [0.717, 1.165) is 6.54 Å². The van der Waals surface area contributed by atoms with Gasteiger partial charge in [-0.1, -0.05) is 18.2 Å². The molecule has 0 bridgehead atoms. The van der Waals surface area contributed by atoms with Crippen molar-refractivity contribution < 1.29 is 9.53 Å². The van der Waals surface area contributed by atoms with Crippen LogP contribution < -0.4 is 0 Å². The Morgan fingerprint density at radius 1 is 1.29 bits per heavy atom. The number of carbonyl (C=O) groups excluding carboxylic acids is 1. The van der Waals surface area contributed by atoms with Crippen LogP contribution in [0.25, 0.3) is 10.9 Å². The molecule has 1 aromatic heterocycles. The number of rotatable bonds is 0. The molecular weight excluding hydrogens is 216 g/mol. The molecule has 88 valence electrons. The maximum absolute atomic E-state index is 11.5. The zero-order valence-corrected chi connectivity index (χ0v) is 9.72. The zero-order chi connectivity index (χ0) is 11.8. The van der Waals surface area contributed by atoms with Gasteiger partial charge in [-0.05, 0) is 17.5 Å². The highest BCUT2D eigenvalue weighted by Gasteiger charge is 2.22. The van der Waals surface area contributed by atoms with Gasteiger partial charge in [-0.15, -0.1) is 0 Å². The van der Waals surface area contributed by atoms with Crippen molar-refractivity contribution in [3.05, 3.63) is 36.0 Å². The van der Waals surface area contributed by atoms with E-state index >= 15 is 0 Å². The van der Waals surface area contributed by atoms with E-state index in [0.29, 0.717) is 13.1 Å². The summed E-state index contributed by atoms with van der Waals surface area (Å²) >= 11 is 0. The first kappa shape index (κ1) is 10.2. The van der Waals surface area contributed by atoms with E-state index in [-0.39, 0.29) is 6.09 Å². The minimum absolute atomic E-state index is 0.249. The molecule has 0 unspecified atom stereocenters. The fourth-order valence-electron chi connectivity index (χ4n) is 2.44. The van der Waals surface area contributed by atoms with E-state index < -0.39 is 0 Å². The standard InChI is InChI=1S/C13H14N2O2/c1-17-13(16)14-6-7-15-11(9-14)8-10-4-2-3-5-12(10)15/h2-5,8H,6-7,9H2,1H3. The first-order chi connectivity index (χ1) is 8.29. The first-order valence-corrected chi connectivity index (χ1v) is 5.69. The monoisotopic (exact) mass is 230 g/mol. The van der Waals surface area contributed by atoms with Crippen LogP contribution in [0.15, 0.2) is 30.3 Å². The van der Waals surface area contributed by atoms with E-state index in [9.17, 15) is 4.79 Å². The summed E-state index contributed by atoms with van der Waals surface area (Å²) in [4.78, 5) is 13.2. The van der Waals surface area contributed by atoms with Crippen LogP contribution in [0.1, 0.15) is 5.69 Å². The number of para-hydroxylation sites is 1. The van der Waals surface area contributed by atoms with Crippen LogP contribution >= 0.6 is 0 Å². The lowest BCUT2D eigenvalue weighted by atomic mass is 10.2. The fraction of sp³-hybridized carbons (Fsp3) is 0.308. The largest absolute Gasteiger partial charge is 0.453 e.